The molecule has 2 aliphatic rings. The summed E-state index contributed by atoms with van der Waals surface area (Å²) in [6, 6.07) is 9.39. The fraction of sp³-hybridized carbons (Fsp3) is 0.259. The van der Waals surface area contributed by atoms with Gasteiger partial charge in [-0.05, 0) is 50.6 Å². The molecule has 5 rings (SSSR count). The van der Waals surface area contributed by atoms with Gasteiger partial charge in [0.25, 0.3) is 5.78 Å². The molecule has 1 amide bonds. The molecule has 0 bridgehead atoms. The number of rotatable bonds is 5. The minimum absolute atomic E-state index is 0.00639. The summed E-state index contributed by atoms with van der Waals surface area (Å²) in [6.07, 6.45) is 0.592. The summed E-state index contributed by atoms with van der Waals surface area (Å²) in [5.41, 5.74) is 1.20. The van der Waals surface area contributed by atoms with Gasteiger partial charge in [0, 0.05) is 17.5 Å². The van der Waals surface area contributed by atoms with E-state index < -0.39 is 35.3 Å². The summed E-state index contributed by atoms with van der Waals surface area (Å²) in [5, 5.41) is 11.4. The number of amides is 1. The number of carbonyl (C=O) groups excluding carboxylic acids is 3. The third kappa shape index (κ3) is 4.17. The van der Waals surface area contributed by atoms with Crippen molar-refractivity contribution in [1.29, 1.82) is 0 Å². The van der Waals surface area contributed by atoms with Gasteiger partial charge in [-0.2, -0.15) is 0 Å². The van der Waals surface area contributed by atoms with Gasteiger partial charge in [0.15, 0.2) is 5.13 Å². The Labute approximate surface area is 216 Å². The number of aromatic nitrogens is 1. The van der Waals surface area contributed by atoms with E-state index in [4.69, 9.17) is 9.47 Å². The van der Waals surface area contributed by atoms with Crippen LogP contribution >= 0.6 is 11.3 Å². The minimum atomic E-state index is -1.30. The Morgan fingerprint density at radius 2 is 2.03 bits per heavy atom. The first kappa shape index (κ1) is 24.6. The SMILES string of the molecule is CCOC(=O)c1sc(N2C(=O)C(=O)C(=C(O)c3ccc4c(c3)C[C@H](C)O4)[C@H]2c2ccccc2F)nc1C. The van der Waals surface area contributed by atoms with E-state index in [2.05, 4.69) is 4.98 Å². The molecule has 2 aliphatic heterocycles. The number of hydrogen-bond acceptors (Lipinski definition) is 8. The molecule has 1 fully saturated rings. The molecule has 37 heavy (non-hydrogen) atoms. The lowest BCUT2D eigenvalue weighted by atomic mass is 9.94. The fourth-order valence-electron chi connectivity index (χ4n) is 4.62. The standard InChI is InChI=1S/C27H23FN2O6S/c1-4-35-26(34)24-14(3)29-27(37-24)30-21(17-7-5-6-8-18(17)28)20(23(32)25(30)33)22(31)15-9-10-19-16(12-15)11-13(2)36-19/h5-10,12-13,21,31H,4,11H2,1-3H3/t13-,21+/m0/s1. The maximum atomic E-state index is 15.1. The van der Waals surface area contributed by atoms with Crippen molar-refractivity contribution < 1.29 is 33.4 Å². The lowest BCUT2D eigenvalue weighted by Crippen LogP contribution is -2.29. The van der Waals surface area contributed by atoms with E-state index in [9.17, 15) is 19.5 Å². The number of aryl methyl sites for hydroxylation is 1. The number of benzene rings is 2. The lowest BCUT2D eigenvalue weighted by molar-refractivity contribution is -0.132. The summed E-state index contributed by atoms with van der Waals surface area (Å²) in [4.78, 5) is 44.6. The number of carbonyl (C=O) groups is 3. The molecule has 190 valence electrons. The number of halogens is 1. The molecular weight excluding hydrogens is 499 g/mol. The molecule has 0 radical (unpaired) electrons. The molecule has 0 unspecified atom stereocenters. The molecule has 8 nitrogen and oxygen atoms in total. The average molecular weight is 523 g/mol. The van der Waals surface area contributed by atoms with Crippen molar-refractivity contribution in [3.63, 3.8) is 0 Å². The Morgan fingerprint density at radius 1 is 1.27 bits per heavy atom. The van der Waals surface area contributed by atoms with Crippen molar-refractivity contribution in [2.24, 2.45) is 0 Å². The number of thiazole rings is 1. The van der Waals surface area contributed by atoms with Crippen molar-refractivity contribution in [2.75, 3.05) is 11.5 Å². The molecule has 3 heterocycles. The molecule has 0 spiro atoms. The number of hydrogen-bond donors (Lipinski definition) is 1. The highest BCUT2D eigenvalue weighted by Gasteiger charge is 2.49. The van der Waals surface area contributed by atoms with Crippen LogP contribution in [0.4, 0.5) is 9.52 Å². The van der Waals surface area contributed by atoms with Crippen LogP contribution in [0.15, 0.2) is 48.0 Å². The van der Waals surface area contributed by atoms with E-state index in [0.29, 0.717) is 23.4 Å². The zero-order chi connectivity index (χ0) is 26.4. The third-order valence-corrected chi connectivity index (χ3v) is 7.40. The van der Waals surface area contributed by atoms with E-state index in [0.717, 1.165) is 21.8 Å². The Morgan fingerprint density at radius 3 is 2.76 bits per heavy atom. The zero-order valence-electron chi connectivity index (χ0n) is 20.3. The van der Waals surface area contributed by atoms with E-state index >= 15 is 4.39 Å². The normalized spacial score (nSPS) is 20.2. The van der Waals surface area contributed by atoms with Gasteiger partial charge >= 0.3 is 11.9 Å². The van der Waals surface area contributed by atoms with Crippen LogP contribution in [0.1, 0.15) is 51.9 Å². The van der Waals surface area contributed by atoms with Gasteiger partial charge in [-0.1, -0.05) is 29.5 Å². The van der Waals surface area contributed by atoms with Crippen LogP contribution in [-0.4, -0.2) is 40.5 Å². The maximum absolute atomic E-state index is 15.1. The van der Waals surface area contributed by atoms with Gasteiger partial charge in [0.1, 0.15) is 34.3 Å². The highest BCUT2D eigenvalue weighted by atomic mass is 32.1. The maximum Gasteiger partial charge on any atom is 0.350 e. The van der Waals surface area contributed by atoms with Gasteiger partial charge in [-0.25, -0.2) is 14.2 Å². The first-order valence-corrected chi connectivity index (χ1v) is 12.5. The molecule has 3 aromatic rings. The second-order valence-corrected chi connectivity index (χ2v) is 9.75. The quantitative estimate of drug-likeness (QED) is 0.224. The number of ketones is 1. The Bertz CT molecular complexity index is 1480. The molecule has 1 aromatic heterocycles. The zero-order valence-corrected chi connectivity index (χ0v) is 21.1. The van der Waals surface area contributed by atoms with Crippen molar-refractivity contribution in [3.05, 3.63) is 81.1 Å². The lowest BCUT2D eigenvalue weighted by Gasteiger charge is -2.23. The van der Waals surface area contributed by atoms with Gasteiger partial charge < -0.3 is 14.6 Å². The molecule has 1 N–H and O–H groups in total. The molecule has 0 saturated carbocycles. The predicted octanol–water partition coefficient (Wildman–Crippen LogP) is 4.72. The summed E-state index contributed by atoms with van der Waals surface area (Å²) < 4.78 is 25.9. The van der Waals surface area contributed by atoms with E-state index in [1.165, 1.54) is 18.2 Å². The van der Waals surface area contributed by atoms with Gasteiger partial charge in [0.05, 0.1) is 17.9 Å². The largest absolute Gasteiger partial charge is 0.507 e. The summed E-state index contributed by atoms with van der Waals surface area (Å²) in [7, 11) is 0. The Kier molecular flexibility index (Phi) is 6.28. The molecule has 2 atom stereocenters. The number of aliphatic hydroxyl groups excluding tert-OH is 1. The highest BCUT2D eigenvalue weighted by Crippen LogP contribution is 2.45. The van der Waals surface area contributed by atoms with Crippen molar-refractivity contribution in [1.82, 2.24) is 4.98 Å². The monoisotopic (exact) mass is 522 g/mol. The Hall–Kier alpha value is -4.05. The summed E-state index contributed by atoms with van der Waals surface area (Å²) >= 11 is 0.865. The smallest absolute Gasteiger partial charge is 0.350 e. The van der Waals surface area contributed by atoms with Crippen LogP contribution in [0.3, 0.4) is 0 Å². The molecule has 0 aliphatic carbocycles. The average Bonchev–Trinajstić information content (AvgIpc) is 3.51. The first-order valence-electron chi connectivity index (χ1n) is 11.7. The Balaban J connectivity index is 1.68. The van der Waals surface area contributed by atoms with Gasteiger partial charge in [-0.15, -0.1) is 0 Å². The number of nitrogens with zero attached hydrogens (tertiary/aromatic N) is 2. The number of aliphatic hydroxyl groups is 1. The van der Waals surface area contributed by atoms with Crippen molar-refractivity contribution in [3.8, 4) is 5.75 Å². The first-order chi connectivity index (χ1) is 17.7. The van der Waals surface area contributed by atoms with E-state index in [1.54, 1.807) is 38.1 Å². The third-order valence-electron chi connectivity index (χ3n) is 6.27. The molecule has 10 heteroatoms. The van der Waals surface area contributed by atoms with E-state index in [-0.39, 0.29) is 33.9 Å². The van der Waals surface area contributed by atoms with Crippen LogP contribution in [0.5, 0.6) is 5.75 Å². The summed E-state index contributed by atoms with van der Waals surface area (Å²) in [5.74, 6) is -3.01. The van der Waals surface area contributed by atoms with Gasteiger partial charge in [-0.3, -0.25) is 14.5 Å². The minimum Gasteiger partial charge on any atom is -0.507 e. The number of ether oxygens (including phenoxy) is 2. The van der Waals surface area contributed by atoms with Gasteiger partial charge in [0.2, 0.25) is 0 Å². The van der Waals surface area contributed by atoms with Crippen molar-refractivity contribution in [2.45, 2.75) is 39.3 Å². The molecule has 1 saturated heterocycles. The molecule has 2 aromatic carbocycles. The van der Waals surface area contributed by atoms with Crippen LogP contribution in [-0.2, 0) is 20.7 Å². The molecular formula is C27H23FN2O6S. The second-order valence-electron chi connectivity index (χ2n) is 8.78. The van der Waals surface area contributed by atoms with Crippen LogP contribution in [0.25, 0.3) is 5.76 Å². The number of esters is 1. The second kappa shape index (κ2) is 9.44. The van der Waals surface area contributed by atoms with Crippen LogP contribution in [0, 0.1) is 12.7 Å². The van der Waals surface area contributed by atoms with Crippen LogP contribution < -0.4 is 9.64 Å². The van der Waals surface area contributed by atoms with Crippen LogP contribution in [0.2, 0.25) is 0 Å². The fourth-order valence-corrected chi connectivity index (χ4v) is 5.60. The number of anilines is 1. The summed E-state index contributed by atoms with van der Waals surface area (Å²) in [6.45, 7) is 5.31. The highest BCUT2D eigenvalue weighted by molar-refractivity contribution is 7.17. The topological polar surface area (TPSA) is 106 Å². The van der Waals surface area contributed by atoms with Crippen molar-refractivity contribution >= 4 is 39.9 Å². The van der Waals surface area contributed by atoms with E-state index in [1.807, 2.05) is 6.92 Å². The predicted molar refractivity (Wildman–Crippen MR) is 134 cm³/mol. The number of fused-ring (bicyclic) bond motifs is 1. The number of Topliss-reactive ketones (excluding diaryl/α,β-unsaturated/α-hetero) is 1.